The number of benzene rings is 2. The molecule has 0 fully saturated rings. The van der Waals surface area contributed by atoms with Crippen molar-refractivity contribution >= 4 is 34.4 Å². The Balaban J connectivity index is 1.51. The zero-order valence-electron chi connectivity index (χ0n) is 20.9. The number of nitrogens with one attached hydrogen (secondary N) is 1. The molecule has 36 heavy (non-hydrogen) atoms. The van der Waals surface area contributed by atoms with Gasteiger partial charge in [-0.05, 0) is 36.1 Å². The van der Waals surface area contributed by atoms with Gasteiger partial charge in [0.05, 0.1) is 16.9 Å². The molecular formula is C28H32N4O4. The van der Waals surface area contributed by atoms with Crippen LogP contribution in [0.5, 0.6) is 0 Å². The van der Waals surface area contributed by atoms with E-state index < -0.39 is 12.0 Å². The van der Waals surface area contributed by atoms with E-state index in [2.05, 4.69) is 20.9 Å². The first-order valence-electron chi connectivity index (χ1n) is 12.6. The van der Waals surface area contributed by atoms with Crippen molar-refractivity contribution < 1.29 is 19.5 Å². The number of amides is 2. The summed E-state index contributed by atoms with van der Waals surface area (Å²) in [7, 11) is 2.01. The predicted octanol–water partition coefficient (Wildman–Crippen LogP) is 3.79. The Morgan fingerprint density at radius 3 is 2.61 bits per heavy atom. The fourth-order valence-corrected chi connectivity index (χ4v) is 5.69. The van der Waals surface area contributed by atoms with Crippen LogP contribution in [0.3, 0.4) is 0 Å². The normalized spacial score (nSPS) is 18.3. The summed E-state index contributed by atoms with van der Waals surface area (Å²) < 4.78 is 2.15. The second-order valence-electron chi connectivity index (χ2n) is 9.80. The molecule has 0 aliphatic carbocycles. The monoisotopic (exact) mass is 488 g/mol. The highest BCUT2D eigenvalue weighted by atomic mass is 16.4. The van der Waals surface area contributed by atoms with Gasteiger partial charge in [0.2, 0.25) is 5.91 Å². The molecule has 3 heterocycles. The van der Waals surface area contributed by atoms with Gasteiger partial charge in [0.25, 0.3) is 5.91 Å². The Bertz CT molecular complexity index is 1350. The summed E-state index contributed by atoms with van der Waals surface area (Å²) in [5.74, 6) is -1.45. The minimum absolute atomic E-state index is 0.0201. The molecule has 5 rings (SSSR count). The Hall–Kier alpha value is -3.81. The molecule has 8 nitrogen and oxygen atoms in total. The molecule has 0 spiro atoms. The molecule has 0 bridgehead atoms. The Morgan fingerprint density at radius 2 is 1.86 bits per heavy atom. The molecule has 8 heteroatoms. The van der Waals surface area contributed by atoms with Gasteiger partial charge >= 0.3 is 5.97 Å². The number of carboxylic acids is 1. The number of anilines is 1. The van der Waals surface area contributed by atoms with E-state index in [0.29, 0.717) is 25.1 Å². The van der Waals surface area contributed by atoms with Crippen LogP contribution < -0.4 is 10.2 Å². The number of hydrogen-bond donors (Lipinski definition) is 2. The number of fused-ring (bicyclic) bond motifs is 6. The van der Waals surface area contributed by atoms with Gasteiger partial charge in [-0.2, -0.15) is 0 Å². The Labute approximate surface area is 210 Å². The first-order chi connectivity index (χ1) is 17.3. The third-order valence-electron chi connectivity index (χ3n) is 7.76. The quantitative estimate of drug-likeness (QED) is 0.528. The number of aromatic nitrogens is 1. The van der Waals surface area contributed by atoms with E-state index in [-0.39, 0.29) is 30.3 Å². The zero-order valence-corrected chi connectivity index (χ0v) is 20.9. The van der Waals surface area contributed by atoms with Crippen molar-refractivity contribution in [3.05, 3.63) is 65.4 Å². The van der Waals surface area contributed by atoms with Gasteiger partial charge in [-0.25, -0.2) is 4.79 Å². The molecule has 188 valence electrons. The second-order valence-corrected chi connectivity index (χ2v) is 9.80. The van der Waals surface area contributed by atoms with Crippen molar-refractivity contribution in [1.29, 1.82) is 0 Å². The molecule has 3 atom stereocenters. The summed E-state index contributed by atoms with van der Waals surface area (Å²) in [6, 6.07) is 14.9. The minimum atomic E-state index is -1.02. The van der Waals surface area contributed by atoms with Gasteiger partial charge in [-0.1, -0.05) is 50.6 Å². The van der Waals surface area contributed by atoms with Crippen molar-refractivity contribution in [2.75, 3.05) is 18.5 Å². The summed E-state index contributed by atoms with van der Waals surface area (Å²) in [5, 5.41) is 13.4. The fourth-order valence-electron chi connectivity index (χ4n) is 5.69. The average Bonchev–Trinajstić information content (AvgIpc) is 3.21. The van der Waals surface area contributed by atoms with Crippen molar-refractivity contribution in [2.24, 2.45) is 5.92 Å². The van der Waals surface area contributed by atoms with E-state index in [1.165, 1.54) is 5.56 Å². The van der Waals surface area contributed by atoms with Crippen LogP contribution in [0.4, 0.5) is 5.69 Å². The second kappa shape index (κ2) is 9.33. The number of carbonyl (C=O) groups excluding carboxylic acids is 2. The van der Waals surface area contributed by atoms with E-state index in [4.69, 9.17) is 0 Å². The third-order valence-corrected chi connectivity index (χ3v) is 7.76. The number of rotatable bonds is 7. The van der Waals surface area contributed by atoms with Crippen LogP contribution in [0.2, 0.25) is 0 Å². The maximum Gasteiger partial charge on any atom is 0.326 e. The van der Waals surface area contributed by atoms with Crippen LogP contribution >= 0.6 is 0 Å². The lowest BCUT2D eigenvalue weighted by Crippen LogP contribution is -2.51. The molecule has 1 aromatic heterocycles. The summed E-state index contributed by atoms with van der Waals surface area (Å²) in [6.45, 7) is 4.76. The molecule has 2 aromatic carbocycles. The Kier molecular flexibility index (Phi) is 6.20. The molecule has 2 aliphatic rings. The molecule has 2 aliphatic heterocycles. The standard InChI is InChI=1S/C28H32N4O4/c1-4-17(2)24(28(35)36)29-23(33)14-16-31-22-12-8-5-9-18(22)19-13-15-32-26(25(19)31)30(3)21-11-7-6-10-20(21)27(32)34/h5-12,17,24,26H,4,13-16H2,1-3H3,(H,29,33)(H,35,36)/t17-,24+,26-/m1/s1. The first kappa shape index (κ1) is 23.9. The summed E-state index contributed by atoms with van der Waals surface area (Å²) >= 11 is 0. The fraction of sp³-hybridized carbons (Fsp3) is 0.393. The molecule has 0 saturated carbocycles. The maximum absolute atomic E-state index is 13.4. The number of aliphatic carboxylic acids is 1. The van der Waals surface area contributed by atoms with Gasteiger partial charge in [0.15, 0.2) is 0 Å². The van der Waals surface area contributed by atoms with Crippen molar-refractivity contribution in [3.63, 3.8) is 0 Å². The largest absolute Gasteiger partial charge is 0.480 e. The van der Waals surface area contributed by atoms with E-state index in [9.17, 15) is 19.5 Å². The molecule has 0 saturated heterocycles. The molecule has 2 N–H and O–H groups in total. The maximum atomic E-state index is 13.4. The molecule has 0 unspecified atom stereocenters. The lowest BCUT2D eigenvalue weighted by molar-refractivity contribution is -0.143. The molecule has 2 amide bonds. The topological polar surface area (TPSA) is 94.9 Å². The van der Waals surface area contributed by atoms with Crippen molar-refractivity contribution in [1.82, 2.24) is 14.8 Å². The number of carboxylic acid groups (broad SMARTS) is 1. The molecular weight excluding hydrogens is 456 g/mol. The van der Waals surface area contributed by atoms with Crippen molar-refractivity contribution in [2.45, 2.75) is 51.9 Å². The van der Waals surface area contributed by atoms with E-state index in [1.54, 1.807) is 0 Å². The number of carbonyl (C=O) groups is 3. The van der Waals surface area contributed by atoms with Gasteiger partial charge in [0, 0.05) is 37.5 Å². The van der Waals surface area contributed by atoms with Crippen LogP contribution in [-0.4, -0.2) is 52.0 Å². The van der Waals surface area contributed by atoms with Gasteiger partial charge in [0.1, 0.15) is 12.2 Å². The van der Waals surface area contributed by atoms with Crippen molar-refractivity contribution in [3.8, 4) is 0 Å². The third kappa shape index (κ3) is 3.81. The lowest BCUT2D eigenvalue weighted by atomic mass is 9.96. The summed E-state index contributed by atoms with van der Waals surface area (Å²) in [5.41, 5.74) is 4.84. The van der Waals surface area contributed by atoms with Crippen LogP contribution in [-0.2, 0) is 22.6 Å². The number of aryl methyl sites for hydroxylation is 1. The summed E-state index contributed by atoms with van der Waals surface area (Å²) in [4.78, 5) is 42.1. The first-order valence-corrected chi connectivity index (χ1v) is 12.6. The van der Waals surface area contributed by atoms with Crippen LogP contribution in [0.25, 0.3) is 10.9 Å². The van der Waals surface area contributed by atoms with Gasteiger partial charge in [-0.15, -0.1) is 0 Å². The predicted molar refractivity (Wildman–Crippen MR) is 138 cm³/mol. The van der Waals surface area contributed by atoms with Gasteiger partial charge < -0.3 is 24.8 Å². The SMILES string of the molecule is CC[C@@H](C)[C@H](NC(=O)CCn1c2c(c3ccccc31)CCN1C(=O)c3ccccc3N(C)[C@@H]21)C(=O)O. The van der Waals surface area contributed by atoms with E-state index in [1.807, 2.05) is 68.3 Å². The Morgan fingerprint density at radius 1 is 1.14 bits per heavy atom. The molecule has 0 radical (unpaired) electrons. The van der Waals surface area contributed by atoms with E-state index >= 15 is 0 Å². The average molecular weight is 489 g/mol. The smallest absolute Gasteiger partial charge is 0.326 e. The highest BCUT2D eigenvalue weighted by Gasteiger charge is 2.42. The number of hydrogen-bond acceptors (Lipinski definition) is 4. The van der Waals surface area contributed by atoms with E-state index in [0.717, 1.165) is 28.7 Å². The summed E-state index contributed by atoms with van der Waals surface area (Å²) in [6.07, 6.45) is 1.26. The number of para-hydroxylation sites is 2. The highest BCUT2D eigenvalue weighted by molar-refractivity contribution is 6.02. The zero-order chi connectivity index (χ0) is 25.6. The van der Waals surface area contributed by atoms with Crippen LogP contribution in [0.15, 0.2) is 48.5 Å². The number of nitrogens with zero attached hydrogens (tertiary/aromatic N) is 3. The van der Waals surface area contributed by atoms with Gasteiger partial charge in [-0.3, -0.25) is 9.59 Å². The van der Waals surface area contributed by atoms with Crippen LogP contribution in [0, 0.1) is 5.92 Å². The lowest BCUT2D eigenvalue weighted by Gasteiger charge is -2.46. The minimum Gasteiger partial charge on any atom is -0.480 e. The highest BCUT2D eigenvalue weighted by Crippen LogP contribution is 2.44. The molecule has 3 aromatic rings. The van der Waals surface area contributed by atoms with Crippen LogP contribution in [0.1, 0.15) is 54.5 Å².